The van der Waals surface area contributed by atoms with Crippen LogP contribution in [0.5, 0.6) is 5.75 Å². The van der Waals surface area contributed by atoms with Crippen molar-refractivity contribution in [1.82, 2.24) is 0 Å². The number of aliphatic carboxylic acids is 1. The van der Waals surface area contributed by atoms with Crippen LogP contribution in [0.1, 0.15) is 17.2 Å². The van der Waals surface area contributed by atoms with Crippen molar-refractivity contribution in [3.8, 4) is 5.75 Å². The molecule has 0 fully saturated rings. The van der Waals surface area contributed by atoms with Crippen LogP contribution in [-0.4, -0.2) is 21.1 Å². The van der Waals surface area contributed by atoms with E-state index in [1.54, 1.807) is 30.3 Å². The van der Waals surface area contributed by atoms with E-state index in [9.17, 15) is 24.5 Å². The van der Waals surface area contributed by atoms with E-state index in [1.807, 2.05) is 0 Å². The van der Waals surface area contributed by atoms with E-state index in [4.69, 9.17) is 4.52 Å². The van der Waals surface area contributed by atoms with Gasteiger partial charge in [0.25, 0.3) is 0 Å². The molecule has 2 aromatic rings. The maximum Gasteiger partial charge on any atom is 0.338 e. The molecule has 2 aromatic carbocycles. The molecule has 22 heavy (non-hydrogen) atoms. The molecule has 7 heteroatoms. The standard InChI is InChI=1S/C15H15O6P/c16-13-9-5-4-8-12(13)10-22(19,20)21-14(15(17)18)11-6-2-1-3-7-11/h1-9,14,16H,10H2,(H,17,18)(H,19,20). The third-order valence-electron chi connectivity index (χ3n) is 2.96. The number of phenols is 1. The minimum Gasteiger partial charge on any atom is -0.508 e. The average Bonchev–Trinajstić information content (AvgIpc) is 2.48. The highest BCUT2D eigenvalue weighted by Gasteiger charge is 2.31. The third-order valence-corrected chi connectivity index (χ3v) is 4.24. The van der Waals surface area contributed by atoms with Crippen LogP contribution in [0.4, 0.5) is 0 Å². The smallest absolute Gasteiger partial charge is 0.338 e. The van der Waals surface area contributed by atoms with Gasteiger partial charge in [-0.25, -0.2) is 4.79 Å². The number of phenolic OH excluding ortho intramolecular Hbond substituents is 1. The van der Waals surface area contributed by atoms with Gasteiger partial charge in [0.2, 0.25) is 0 Å². The van der Waals surface area contributed by atoms with Gasteiger partial charge in [0.05, 0.1) is 6.16 Å². The molecule has 0 radical (unpaired) electrons. The lowest BCUT2D eigenvalue weighted by atomic mass is 10.1. The summed E-state index contributed by atoms with van der Waals surface area (Å²) in [6.07, 6.45) is -2.03. The lowest BCUT2D eigenvalue weighted by molar-refractivity contribution is -0.145. The molecule has 0 bridgehead atoms. The summed E-state index contributed by atoms with van der Waals surface area (Å²) in [6, 6.07) is 13.9. The molecular formula is C15H15O6P. The van der Waals surface area contributed by atoms with Gasteiger partial charge < -0.3 is 15.1 Å². The Labute approximate surface area is 127 Å². The predicted molar refractivity (Wildman–Crippen MR) is 79.5 cm³/mol. The molecule has 0 amide bonds. The van der Waals surface area contributed by atoms with Gasteiger partial charge in [0, 0.05) is 5.56 Å². The Morgan fingerprint density at radius 3 is 2.27 bits per heavy atom. The van der Waals surface area contributed by atoms with Gasteiger partial charge in [-0.05, 0) is 11.6 Å². The number of hydrogen-bond donors (Lipinski definition) is 3. The summed E-state index contributed by atoms with van der Waals surface area (Å²) in [7, 11) is -4.26. The minimum absolute atomic E-state index is 0.146. The molecule has 0 saturated heterocycles. The Balaban J connectivity index is 2.20. The van der Waals surface area contributed by atoms with Gasteiger partial charge in [-0.15, -0.1) is 0 Å². The Hall–Kier alpha value is -2.14. The number of benzene rings is 2. The Morgan fingerprint density at radius 2 is 1.68 bits per heavy atom. The summed E-state index contributed by atoms with van der Waals surface area (Å²) in [5.74, 6) is -1.51. The monoisotopic (exact) mass is 322 g/mol. The van der Waals surface area contributed by atoms with Crippen LogP contribution in [-0.2, 0) is 20.0 Å². The molecule has 3 N–H and O–H groups in total. The van der Waals surface area contributed by atoms with Crippen LogP contribution in [0, 0.1) is 0 Å². The summed E-state index contributed by atoms with van der Waals surface area (Å²) in [6.45, 7) is 0. The molecule has 0 spiro atoms. The van der Waals surface area contributed by atoms with Crippen molar-refractivity contribution >= 4 is 13.6 Å². The zero-order valence-electron chi connectivity index (χ0n) is 11.5. The fraction of sp³-hybridized carbons (Fsp3) is 0.133. The molecule has 2 rings (SSSR count). The van der Waals surface area contributed by atoms with Crippen LogP contribution in [0.25, 0.3) is 0 Å². The van der Waals surface area contributed by atoms with Crippen LogP contribution in [0.15, 0.2) is 54.6 Å². The fourth-order valence-electron chi connectivity index (χ4n) is 1.94. The second kappa shape index (κ2) is 6.75. The summed E-state index contributed by atoms with van der Waals surface area (Å²) >= 11 is 0. The lowest BCUT2D eigenvalue weighted by Gasteiger charge is -2.18. The molecular weight excluding hydrogens is 307 g/mol. The molecule has 0 aliphatic heterocycles. The first-order valence-electron chi connectivity index (χ1n) is 6.44. The van der Waals surface area contributed by atoms with Crippen LogP contribution in [0.2, 0.25) is 0 Å². The zero-order chi connectivity index (χ0) is 16.2. The maximum atomic E-state index is 12.2. The van der Waals surface area contributed by atoms with Crippen molar-refractivity contribution in [3.63, 3.8) is 0 Å². The number of hydrogen-bond acceptors (Lipinski definition) is 4. The molecule has 116 valence electrons. The van der Waals surface area contributed by atoms with E-state index in [2.05, 4.69) is 0 Å². The first-order valence-corrected chi connectivity index (χ1v) is 8.20. The normalized spacial score (nSPS) is 15.0. The number of aromatic hydroxyl groups is 1. The van der Waals surface area contributed by atoms with Gasteiger partial charge in [0.1, 0.15) is 5.75 Å². The highest BCUT2D eigenvalue weighted by atomic mass is 31.2. The molecule has 0 aliphatic carbocycles. The molecule has 2 unspecified atom stereocenters. The molecule has 0 aromatic heterocycles. The van der Waals surface area contributed by atoms with Gasteiger partial charge in [0.15, 0.2) is 6.10 Å². The van der Waals surface area contributed by atoms with E-state index in [0.29, 0.717) is 0 Å². The summed E-state index contributed by atoms with van der Waals surface area (Å²) < 4.78 is 17.1. The minimum atomic E-state index is -4.26. The molecule has 2 atom stereocenters. The van der Waals surface area contributed by atoms with Crippen molar-refractivity contribution < 1.29 is 29.0 Å². The summed E-state index contributed by atoms with van der Waals surface area (Å²) in [5.41, 5.74) is 0.479. The first-order chi connectivity index (χ1) is 10.4. The second-order valence-corrected chi connectivity index (χ2v) is 6.46. The lowest BCUT2D eigenvalue weighted by Crippen LogP contribution is -2.14. The molecule has 0 heterocycles. The number of rotatable bonds is 6. The molecule has 0 saturated carbocycles. The Morgan fingerprint density at radius 1 is 1.09 bits per heavy atom. The van der Waals surface area contributed by atoms with Crippen molar-refractivity contribution in [2.45, 2.75) is 12.3 Å². The Bertz CT molecular complexity index is 700. The van der Waals surface area contributed by atoms with Gasteiger partial charge in [-0.2, -0.15) is 0 Å². The second-order valence-electron chi connectivity index (χ2n) is 4.66. The number of carbonyl (C=O) groups is 1. The molecule has 6 nitrogen and oxygen atoms in total. The van der Waals surface area contributed by atoms with E-state index < -0.39 is 25.8 Å². The highest BCUT2D eigenvalue weighted by Crippen LogP contribution is 2.50. The van der Waals surface area contributed by atoms with Crippen molar-refractivity contribution in [2.24, 2.45) is 0 Å². The summed E-state index contributed by atoms with van der Waals surface area (Å²) in [4.78, 5) is 21.2. The first kappa shape index (κ1) is 16.2. The van der Waals surface area contributed by atoms with E-state index in [-0.39, 0.29) is 16.9 Å². The van der Waals surface area contributed by atoms with E-state index in [1.165, 1.54) is 24.3 Å². The average molecular weight is 322 g/mol. The number of para-hydroxylation sites is 1. The number of carboxylic acid groups (broad SMARTS) is 1. The SMILES string of the molecule is O=C(O)C(OP(=O)(O)Cc1ccccc1O)c1ccccc1. The quantitative estimate of drug-likeness (QED) is 0.706. The van der Waals surface area contributed by atoms with Gasteiger partial charge in [-0.3, -0.25) is 9.09 Å². The number of carboxylic acids is 1. The third kappa shape index (κ3) is 4.18. The van der Waals surface area contributed by atoms with Crippen LogP contribution < -0.4 is 0 Å². The van der Waals surface area contributed by atoms with E-state index in [0.717, 1.165) is 0 Å². The maximum absolute atomic E-state index is 12.2. The van der Waals surface area contributed by atoms with Gasteiger partial charge in [-0.1, -0.05) is 48.5 Å². The van der Waals surface area contributed by atoms with Crippen LogP contribution in [0.3, 0.4) is 0 Å². The topological polar surface area (TPSA) is 104 Å². The largest absolute Gasteiger partial charge is 0.508 e. The van der Waals surface area contributed by atoms with Crippen molar-refractivity contribution in [1.29, 1.82) is 0 Å². The predicted octanol–water partition coefficient (Wildman–Crippen LogP) is 2.92. The van der Waals surface area contributed by atoms with Crippen LogP contribution >= 0.6 is 7.60 Å². The van der Waals surface area contributed by atoms with E-state index >= 15 is 0 Å². The summed E-state index contributed by atoms with van der Waals surface area (Å²) in [5, 5.41) is 18.8. The highest BCUT2D eigenvalue weighted by molar-refractivity contribution is 7.52. The van der Waals surface area contributed by atoms with Crippen molar-refractivity contribution in [3.05, 3.63) is 65.7 Å². The van der Waals surface area contributed by atoms with Gasteiger partial charge >= 0.3 is 13.6 Å². The fourth-order valence-corrected chi connectivity index (χ4v) is 3.25. The molecule has 0 aliphatic rings. The zero-order valence-corrected chi connectivity index (χ0v) is 12.4. The van der Waals surface area contributed by atoms with Crippen molar-refractivity contribution in [2.75, 3.05) is 0 Å². The Kier molecular flexibility index (Phi) is 4.98.